The number of carbonyl (C=O) groups excluding carboxylic acids is 1. The molecule has 0 aromatic rings. The van der Waals surface area contributed by atoms with Crippen LogP contribution < -0.4 is 5.32 Å². The minimum absolute atomic E-state index is 0.821. The third-order valence-electron chi connectivity index (χ3n) is 10.7. The quantitative estimate of drug-likeness (QED) is 0.0818. The van der Waals surface area contributed by atoms with Crippen molar-refractivity contribution in [2.24, 2.45) is 0 Å². The van der Waals surface area contributed by atoms with Gasteiger partial charge < -0.3 is 125 Å². The fraction of sp³-hybridized carbons (Fsp3) is 0.969. The summed E-state index contributed by atoms with van der Waals surface area (Å²) in [5, 5.41) is 159. The van der Waals surface area contributed by atoms with E-state index in [9.17, 15) is 81.4 Å². The number of hydrogen-bond acceptors (Lipinski definition) is 25. The summed E-state index contributed by atoms with van der Waals surface area (Å²) in [4.78, 5) is 12.7. The second-order valence-corrected chi connectivity index (χ2v) is 14.7. The van der Waals surface area contributed by atoms with Gasteiger partial charge in [0, 0.05) is 6.92 Å². The van der Waals surface area contributed by atoms with Crippen molar-refractivity contribution >= 4 is 5.91 Å². The van der Waals surface area contributed by atoms with Gasteiger partial charge in [0.15, 0.2) is 31.5 Å². The Morgan fingerprint density at radius 3 is 1.40 bits per heavy atom. The molecule has 26 nitrogen and oxygen atoms in total. The maximum absolute atomic E-state index is 12.7. The molecule has 0 spiro atoms. The summed E-state index contributed by atoms with van der Waals surface area (Å²) in [5.41, 5.74) is 0. The monoisotopic (exact) mass is 853 g/mol. The van der Waals surface area contributed by atoms with E-state index < -0.39 is 186 Å². The van der Waals surface area contributed by atoms with Gasteiger partial charge in [-0.2, -0.15) is 0 Å². The normalized spacial score (nSPS) is 51.6. The van der Waals surface area contributed by atoms with Crippen LogP contribution in [0.5, 0.6) is 0 Å². The lowest BCUT2D eigenvalue weighted by Crippen LogP contribution is -2.71. The molecule has 5 fully saturated rings. The predicted octanol–water partition coefficient (Wildman–Crippen LogP) is -10.8. The molecule has 338 valence electrons. The Morgan fingerprint density at radius 1 is 0.448 bits per heavy atom. The van der Waals surface area contributed by atoms with Crippen molar-refractivity contribution in [3.8, 4) is 0 Å². The second-order valence-electron chi connectivity index (χ2n) is 14.7. The summed E-state index contributed by atoms with van der Waals surface area (Å²) in [6, 6.07) is -1.71. The number of ether oxygens (including phenoxy) is 9. The summed E-state index contributed by atoms with van der Waals surface area (Å²) >= 11 is 0. The fourth-order valence-electron chi connectivity index (χ4n) is 7.37. The molecule has 0 bridgehead atoms. The molecule has 1 amide bonds. The summed E-state index contributed by atoms with van der Waals surface area (Å²) in [6.07, 6.45) is -43.2. The first kappa shape index (κ1) is 47.6. The number of rotatable bonds is 13. The minimum atomic E-state index is -2.11. The van der Waals surface area contributed by atoms with Gasteiger partial charge in [0.05, 0.1) is 32.5 Å². The van der Waals surface area contributed by atoms with Crippen molar-refractivity contribution in [1.29, 1.82) is 0 Å². The minimum Gasteiger partial charge on any atom is -0.394 e. The molecule has 26 heteroatoms. The lowest BCUT2D eigenvalue weighted by molar-refractivity contribution is -0.390. The van der Waals surface area contributed by atoms with Crippen LogP contribution in [0.2, 0.25) is 0 Å². The van der Waals surface area contributed by atoms with Crippen LogP contribution >= 0.6 is 0 Å². The Bertz CT molecular complexity index is 1300. The molecule has 5 rings (SSSR count). The van der Waals surface area contributed by atoms with Gasteiger partial charge in [-0.1, -0.05) is 0 Å². The molecule has 0 radical (unpaired) electrons. The summed E-state index contributed by atoms with van der Waals surface area (Å²) in [7, 11) is 0. The molecule has 0 saturated carbocycles. The van der Waals surface area contributed by atoms with Gasteiger partial charge in [-0.15, -0.1) is 0 Å². The van der Waals surface area contributed by atoms with Crippen LogP contribution in [0.15, 0.2) is 0 Å². The number of hydrogen-bond donors (Lipinski definition) is 16. The molecule has 5 aliphatic rings. The summed E-state index contributed by atoms with van der Waals surface area (Å²) in [5.74, 6) is -0.821. The predicted molar refractivity (Wildman–Crippen MR) is 177 cm³/mol. The molecule has 5 saturated heterocycles. The Balaban J connectivity index is 1.46. The molecule has 25 atom stereocenters. The lowest BCUT2D eigenvalue weighted by Gasteiger charge is -2.51. The summed E-state index contributed by atoms with van der Waals surface area (Å²) in [6.45, 7) is -1.34. The Labute approximate surface area is 329 Å². The van der Waals surface area contributed by atoms with E-state index in [2.05, 4.69) is 5.32 Å². The molecular formula is C32H55NO25. The second kappa shape index (κ2) is 20.1. The van der Waals surface area contributed by atoms with Gasteiger partial charge in [0.1, 0.15) is 116 Å². The van der Waals surface area contributed by atoms with Gasteiger partial charge >= 0.3 is 0 Å². The molecule has 58 heavy (non-hydrogen) atoms. The topological polar surface area (TPSA) is 416 Å². The molecule has 1 unspecified atom stereocenters. The zero-order valence-electron chi connectivity index (χ0n) is 31.1. The average molecular weight is 854 g/mol. The van der Waals surface area contributed by atoms with Crippen LogP contribution in [-0.4, -0.2) is 262 Å². The van der Waals surface area contributed by atoms with Gasteiger partial charge in [0.2, 0.25) is 5.91 Å². The number of carbonyl (C=O) groups is 1. The SMILES string of the molecule is CC(=O)N[C@H]1[C@H](O[C@@H]2[C@H](O)[C@@H](O)[C@H](O[C@H]3[C@H](O)[C@@H](O)C(O)O[C@@H]3CO)O[C@@H]2CO)O[C@H](CO)[C@@H](O[C@@H]2O[C@@H](C)[C@@H](O)[C@@H](O)[C@@H]2O)[C@@H]1O[C@@H]1O[C@H](CO)[C@H](O)[C@H](O)[C@H]1O. The highest BCUT2D eigenvalue weighted by molar-refractivity contribution is 5.73. The molecule has 5 heterocycles. The number of aliphatic hydroxyl groups is 15. The summed E-state index contributed by atoms with van der Waals surface area (Å²) < 4.78 is 51.4. The first-order valence-corrected chi connectivity index (χ1v) is 18.5. The highest BCUT2D eigenvalue weighted by Gasteiger charge is 2.57. The Kier molecular flexibility index (Phi) is 16.5. The number of nitrogens with one attached hydrogen (secondary N) is 1. The average Bonchev–Trinajstić information content (AvgIpc) is 3.20. The van der Waals surface area contributed by atoms with Crippen LogP contribution in [0.4, 0.5) is 0 Å². The fourth-order valence-corrected chi connectivity index (χ4v) is 7.37. The maximum atomic E-state index is 12.7. The zero-order valence-corrected chi connectivity index (χ0v) is 31.1. The Hall–Kier alpha value is -1.49. The van der Waals surface area contributed by atoms with Crippen LogP contribution in [-0.2, 0) is 47.4 Å². The van der Waals surface area contributed by atoms with E-state index >= 15 is 0 Å². The van der Waals surface area contributed by atoms with E-state index in [1.165, 1.54) is 6.92 Å². The molecule has 0 aliphatic carbocycles. The van der Waals surface area contributed by atoms with Crippen molar-refractivity contribution in [3.63, 3.8) is 0 Å². The van der Waals surface area contributed by atoms with Crippen LogP contribution in [0, 0.1) is 0 Å². The third kappa shape index (κ3) is 9.75. The largest absolute Gasteiger partial charge is 0.394 e. The van der Waals surface area contributed by atoms with Crippen LogP contribution in [0.1, 0.15) is 13.8 Å². The zero-order chi connectivity index (χ0) is 42.9. The maximum Gasteiger partial charge on any atom is 0.217 e. The molecule has 16 N–H and O–H groups in total. The number of aliphatic hydroxyl groups excluding tert-OH is 15. The van der Waals surface area contributed by atoms with Crippen LogP contribution in [0.3, 0.4) is 0 Å². The molecule has 5 aliphatic heterocycles. The highest BCUT2D eigenvalue weighted by Crippen LogP contribution is 2.36. The van der Waals surface area contributed by atoms with E-state index in [4.69, 9.17) is 42.6 Å². The van der Waals surface area contributed by atoms with E-state index in [-0.39, 0.29) is 0 Å². The van der Waals surface area contributed by atoms with Gasteiger partial charge in [-0.05, 0) is 6.92 Å². The number of amides is 1. The van der Waals surface area contributed by atoms with Crippen molar-refractivity contribution in [2.45, 2.75) is 167 Å². The van der Waals surface area contributed by atoms with E-state index in [0.29, 0.717) is 0 Å². The molecule has 0 aromatic carbocycles. The van der Waals surface area contributed by atoms with Crippen LogP contribution in [0.25, 0.3) is 0 Å². The molecule has 0 aromatic heterocycles. The van der Waals surface area contributed by atoms with Gasteiger partial charge in [-0.3, -0.25) is 4.79 Å². The first-order chi connectivity index (χ1) is 27.4. The van der Waals surface area contributed by atoms with E-state index in [1.54, 1.807) is 0 Å². The van der Waals surface area contributed by atoms with E-state index in [1.807, 2.05) is 0 Å². The van der Waals surface area contributed by atoms with E-state index in [0.717, 1.165) is 6.92 Å². The third-order valence-corrected chi connectivity index (χ3v) is 10.7. The van der Waals surface area contributed by atoms with Gasteiger partial charge in [-0.25, -0.2) is 0 Å². The standard InChI is InChI=1S/C32H55NO25/c1-7-14(39)16(41)21(46)30(50-7)57-26-12(6-37)53-29(13(33-8(2)38)27(26)58-31-22(47)17(42)15(40)9(3-34)52-31)55-25-11(5-36)54-32(23(48)19(25)44)56-24-10(4-35)51-28(49)20(45)18(24)43/h7,9-32,34-37,39-49H,3-6H2,1-2H3,(H,33,38)/t7-,9+,10+,11+,12+,13+,14+,15-,16+,17-,18+,19+,20+,21-,22+,23+,24+,25-,26+,27+,28?,29-,30-,31-,32-/m0/s1. The Morgan fingerprint density at radius 2 is 0.845 bits per heavy atom. The first-order valence-electron chi connectivity index (χ1n) is 18.5. The smallest absolute Gasteiger partial charge is 0.217 e. The molecular weight excluding hydrogens is 798 g/mol. The highest BCUT2D eigenvalue weighted by atomic mass is 16.8. The van der Waals surface area contributed by atoms with Crippen molar-refractivity contribution in [1.82, 2.24) is 5.32 Å². The van der Waals surface area contributed by atoms with Crippen molar-refractivity contribution in [3.05, 3.63) is 0 Å². The van der Waals surface area contributed by atoms with Crippen molar-refractivity contribution in [2.75, 3.05) is 26.4 Å². The van der Waals surface area contributed by atoms with Crippen molar-refractivity contribution < 1.29 is 124 Å². The lowest BCUT2D eigenvalue weighted by atomic mass is 9.93. The van der Waals surface area contributed by atoms with Gasteiger partial charge in [0.25, 0.3) is 0 Å².